The lowest BCUT2D eigenvalue weighted by Crippen LogP contribution is -2.36. The molecular formula is C27H23F2N5OS. The Bertz CT molecular complexity index is 1630. The second-order valence-electron chi connectivity index (χ2n) is 9.42. The van der Waals surface area contributed by atoms with Gasteiger partial charge in [-0.2, -0.15) is 0 Å². The Balaban J connectivity index is 1.57. The molecule has 2 fully saturated rings. The molecule has 9 heteroatoms. The average molecular weight is 504 g/mol. The molecule has 0 unspecified atom stereocenters. The third kappa shape index (κ3) is 3.49. The number of imidazole rings is 1. The standard InChI is InChI=1S/C27H23F2N5OS/c1-15-14-36-27(31-15)18-12-17(33-8-10-35-11-9-33)13-22-24(18)32-26(16-2-3-16)34(22)21-6-7-30-25-20(29)5-4-19(28)23(21)25/h4-7,12-14,16H,2-3,8-11H2,1H3. The number of nitrogens with zero attached hydrogens (tertiary/aromatic N) is 5. The molecule has 0 amide bonds. The molecule has 2 aromatic carbocycles. The van der Waals surface area contributed by atoms with Gasteiger partial charge in [-0.1, -0.05) is 0 Å². The van der Waals surface area contributed by atoms with E-state index in [0.717, 1.165) is 70.8 Å². The topological polar surface area (TPSA) is 56.1 Å². The molecule has 1 saturated carbocycles. The molecule has 1 aliphatic carbocycles. The van der Waals surface area contributed by atoms with E-state index in [-0.39, 0.29) is 16.8 Å². The highest BCUT2D eigenvalue weighted by atomic mass is 32.1. The van der Waals surface area contributed by atoms with Crippen molar-refractivity contribution < 1.29 is 13.5 Å². The van der Waals surface area contributed by atoms with Gasteiger partial charge in [0.05, 0.1) is 35.3 Å². The minimum Gasteiger partial charge on any atom is -0.378 e. The number of anilines is 1. The van der Waals surface area contributed by atoms with Crippen molar-refractivity contribution >= 4 is 39.0 Å². The van der Waals surface area contributed by atoms with Gasteiger partial charge in [0.2, 0.25) is 0 Å². The number of morpholine rings is 1. The number of benzene rings is 2. The maximum Gasteiger partial charge on any atom is 0.149 e. The van der Waals surface area contributed by atoms with Crippen LogP contribution in [0.15, 0.2) is 41.9 Å². The van der Waals surface area contributed by atoms with E-state index in [0.29, 0.717) is 18.9 Å². The van der Waals surface area contributed by atoms with Crippen molar-refractivity contribution in [3.05, 3.63) is 65.1 Å². The summed E-state index contributed by atoms with van der Waals surface area (Å²) < 4.78 is 37.5. The van der Waals surface area contributed by atoms with Crippen molar-refractivity contribution in [3.8, 4) is 16.3 Å². The summed E-state index contributed by atoms with van der Waals surface area (Å²) in [5.74, 6) is 0.0987. The van der Waals surface area contributed by atoms with Gasteiger partial charge in [-0.05, 0) is 50.1 Å². The van der Waals surface area contributed by atoms with Crippen LogP contribution in [0.2, 0.25) is 0 Å². The van der Waals surface area contributed by atoms with Crippen LogP contribution in [0.4, 0.5) is 14.5 Å². The highest BCUT2D eigenvalue weighted by molar-refractivity contribution is 7.13. The molecule has 182 valence electrons. The summed E-state index contributed by atoms with van der Waals surface area (Å²) in [4.78, 5) is 16.4. The summed E-state index contributed by atoms with van der Waals surface area (Å²) >= 11 is 1.59. The predicted octanol–water partition coefficient (Wildman–Crippen LogP) is 6.00. The molecule has 3 aromatic heterocycles. The predicted molar refractivity (Wildman–Crippen MR) is 137 cm³/mol. The number of pyridine rings is 1. The zero-order valence-corrected chi connectivity index (χ0v) is 20.5. The number of hydrogen-bond donors (Lipinski definition) is 0. The Hall–Kier alpha value is -3.43. The van der Waals surface area contributed by atoms with Crippen molar-refractivity contribution in [1.82, 2.24) is 19.5 Å². The molecule has 1 aliphatic heterocycles. The van der Waals surface area contributed by atoms with E-state index in [4.69, 9.17) is 14.7 Å². The van der Waals surface area contributed by atoms with Crippen LogP contribution in [0.25, 0.3) is 38.2 Å². The van der Waals surface area contributed by atoms with Crippen LogP contribution in [-0.2, 0) is 4.74 Å². The monoisotopic (exact) mass is 503 g/mol. The molecule has 6 nitrogen and oxygen atoms in total. The highest BCUT2D eigenvalue weighted by Crippen LogP contribution is 2.45. The lowest BCUT2D eigenvalue weighted by Gasteiger charge is -2.29. The first-order valence-corrected chi connectivity index (χ1v) is 13.0. The van der Waals surface area contributed by atoms with Gasteiger partial charge in [0.25, 0.3) is 0 Å². The van der Waals surface area contributed by atoms with E-state index in [1.54, 1.807) is 23.6 Å². The number of aromatic nitrogens is 4. The van der Waals surface area contributed by atoms with Gasteiger partial charge < -0.3 is 9.64 Å². The lowest BCUT2D eigenvalue weighted by atomic mass is 10.1. The van der Waals surface area contributed by atoms with Gasteiger partial charge in [0.1, 0.15) is 28.0 Å². The number of thiazole rings is 1. The lowest BCUT2D eigenvalue weighted by molar-refractivity contribution is 0.122. The van der Waals surface area contributed by atoms with E-state index in [1.807, 2.05) is 16.9 Å². The maximum atomic E-state index is 15.2. The van der Waals surface area contributed by atoms with Gasteiger partial charge >= 0.3 is 0 Å². The van der Waals surface area contributed by atoms with Crippen molar-refractivity contribution in [1.29, 1.82) is 0 Å². The second-order valence-corrected chi connectivity index (χ2v) is 10.3. The minimum atomic E-state index is -0.543. The summed E-state index contributed by atoms with van der Waals surface area (Å²) in [6, 6.07) is 8.33. The quantitative estimate of drug-likeness (QED) is 0.301. The zero-order valence-electron chi connectivity index (χ0n) is 19.7. The van der Waals surface area contributed by atoms with E-state index in [2.05, 4.69) is 22.0 Å². The highest BCUT2D eigenvalue weighted by Gasteiger charge is 2.32. The maximum absolute atomic E-state index is 15.2. The van der Waals surface area contributed by atoms with Gasteiger partial charge in [-0.15, -0.1) is 11.3 Å². The molecule has 4 heterocycles. The first-order valence-electron chi connectivity index (χ1n) is 12.1. The number of aryl methyl sites for hydroxylation is 1. The molecular weight excluding hydrogens is 480 g/mol. The smallest absolute Gasteiger partial charge is 0.149 e. The van der Waals surface area contributed by atoms with Crippen molar-refractivity contribution in [2.24, 2.45) is 0 Å². The summed E-state index contributed by atoms with van der Waals surface area (Å²) in [5.41, 5.74) is 5.22. The molecule has 36 heavy (non-hydrogen) atoms. The fourth-order valence-corrected chi connectivity index (χ4v) is 5.87. The van der Waals surface area contributed by atoms with Crippen LogP contribution in [-0.4, -0.2) is 45.8 Å². The first-order chi connectivity index (χ1) is 17.6. The van der Waals surface area contributed by atoms with Crippen molar-refractivity contribution in [2.45, 2.75) is 25.7 Å². The fraction of sp³-hybridized carbons (Fsp3) is 0.296. The van der Waals surface area contributed by atoms with Crippen LogP contribution in [0.3, 0.4) is 0 Å². The fourth-order valence-electron chi connectivity index (χ4n) is 5.06. The zero-order chi connectivity index (χ0) is 24.4. The molecule has 2 aliphatic rings. The Labute approximate surface area is 210 Å². The molecule has 0 spiro atoms. The number of halogens is 2. The Morgan fingerprint density at radius 1 is 1.00 bits per heavy atom. The SMILES string of the molecule is Cc1csc(-c2cc(N3CCOCC3)cc3c2nc(C2CC2)n3-c2ccnc3c(F)ccc(F)c23)n1. The molecule has 1 saturated heterocycles. The normalized spacial score (nSPS) is 16.4. The number of rotatable bonds is 4. The summed E-state index contributed by atoms with van der Waals surface area (Å²) in [5, 5.41) is 3.11. The van der Waals surface area contributed by atoms with Crippen LogP contribution in [0, 0.1) is 18.6 Å². The van der Waals surface area contributed by atoms with E-state index < -0.39 is 11.6 Å². The van der Waals surface area contributed by atoms with E-state index in [1.165, 1.54) is 6.07 Å². The van der Waals surface area contributed by atoms with Gasteiger partial charge in [-0.25, -0.2) is 18.7 Å². The molecule has 0 bridgehead atoms. The van der Waals surface area contributed by atoms with E-state index >= 15 is 4.39 Å². The molecule has 0 radical (unpaired) electrons. The number of fused-ring (bicyclic) bond motifs is 2. The largest absolute Gasteiger partial charge is 0.378 e. The van der Waals surface area contributed by atoms with Crippen molar-refractivity contribution in [2.75, 3.05) is 31.2 Å². The Morgan fingerprint density at radius 2 is 1.81 bits per heavy atom. The third-order valence-corrected chi connectivity index (χ3v) is 7.94. The summed E-state index contributed by atoms with van der Waals surface area (Å²) in [6.07, 6.45) is 3.58. The van der Waals surface area contributed by atoms with Crippen LogP contribution >= 0.6 is 11.3 Å². The van der Waals surface area contributed by atoms with Crippen LogP contribution in [0.1, 0.15) is 30.3 Å². The van der Waals surface area contributed by atoms with E-state index in [9.17, 15) is 4.39 Å². The van der Waals surface area contributed by atoms with Crippen LogP contribution < -0.4 is 4.90 Å². The minimum absolute atomic E-state index is 0.0243. The first kappa shape index (κ1) is 21.8. The molecule has 0 atom stereocenters. The number of ether oxygens (including phenoxy) is 1. The Morgan fingerprint density at radius 3 is 2.56 bits per heavy atom. The van der Waals surface area contributed by atoms with Gasteiger partial charge in [0, 0.05) is 47.5 Å². The van der Waals surface area contributed by atoms with Crippen LogP contribution in [0.5, 0.6) is 0 Å². The third-order valence-electron chi connectivity index (χ3n) is 6.95. The average Bonchev–Trinajstić information content (AvgIpc) is 3.55. The second kappa shape index (κ2) is 8.31. The summed E-state index contributed by atoms with van der Waals surface area (Å²) in [6.45, 7) is 4.87. The van der Waals surface area contributed by atoms with Gasteiger partial charge in [0.15, 0.2) is 0 Å². The van der Waals surface area contributed by atoms with Gasteiger partial charge in [-0.3, -0.25) is 9.55 Å². The Kier molecular flexibility index (Phi) is 5.04. The van der Waals surface area contributed by atoms with Crippen molar-refractivity contribution in [3.63, 3.8) is 0 Å². The summed E-state index contributed by atoms with van der Waals surface area (Å²) in [7, 11) is 0. The molecule has 0 N–H and O–H groups in total. The number of hydrogen-bond acceptors (Lipinski definition) is 6. The molecule has 5 aromatic rings. The molecule has 7 rings (SSSR count).